The van der Waals surface area contributed by atoms with Gasteiger partial charge < -0.3 is 10.1 Å². The summed E-state index contributed by atoms with van der Waals surface area (Å²) in [4.78, 5) is 13.5. The normalized spacial score (nSPS) is 18.2. The zero-order valence-corrected chi connectivity index (χ0v) is 20.5. The fraction of sp³-hybridized carbons (Fsp3) is 0.458. The van der Waals surface area contributed by atoms with Crippen molar-refractivity contribution in [2.24, 2.45) is 0 Å². The number of carbonyl (C=O) groups excluding carboxylic acids is 1. The number of amides is 1. The topological polar surface area (TPSA) is 75.7 Å². The lowest BCUT2D eigenvalue weighted by molar-refractivity contribution is -0.123. The average Bonchev–Trinajstić information content (AvgIpc) is 2.77. The highest BCUT2D eigenvalue weighted by molar-refractivity contribution is 7.92. The fourth-order valence-electron chi connectivity index (χ4n) is 4.35. The molecule has 0 spiro atoms. The van der Waals surface area contributed by atoms with E-state index >= 15 is 0 Å². The summed E-state index contributed by atoms with van der Waals surface area (Å²) in [7, 11) is -3.72. The summed E-state index contributed by atoms with van der Waals surface area (Å²) in [6, 6.07) is 13.0. The summed E-state index contributed by atoms with van der Waals surface area (Å²) in [5.74, 6) is 0.425. The summed E-state index contributed by atoms with van der Waals surface area (Å²) in [6.45, 7) is 5.97. The summed E-state index contributed by atoms with van der Waals surface area (Å²) in [6.07, 6.45) is 3.67. The van der Waals surface area contributed by atoms with Crippen molar-refractivity contribution in [1.82, 2.24) is 5.32 Å². The van der Waals surface area contributed by atoms with Crippen LogP contribution in [0.2, 0.25) is 5.02 Å². The molecule has 32 heavy (non-hydrogen) atoms. The highest BCUT2D eigenvalue weighted by atomic mass is 35.5. The van der Waals surface area contributed by atoms with E-state index < -0.39 is 16.1 Å². The fourth-order valence-corrected chi connectivity index (χ4v) is 5.68. The van der Waals surface area contributed by atoms with Crippen LogP contribution in [0.3, 0.4) is 0 Å². The summed E-state index contributed by atoms with van der Waals surface area (Å²) < 4.78 is 32.9. The first kappa shape index (κ1) is 24.4. The van der Waals surface area contributed by atoms with Gasteiger partial charge in [-0.1, -0.05) is 50.6 Å². The van der Waals surface area contributed by atoms with Crippen LogP contribution < -0.4 is 14.4 Å². The Morgan fingerprint density at radius 1 is 1.16 bits per heavy atom. The van der Waals surface area contributed by atoms with Gasteiger partial charge in [0.05, 0.1) is 18.0 Å². The van der Waals surface area contributed by atoms with Gasteiger partial charge in [-0.15, -0.1) is 0 Å². The maximum Gasteiger partial charge on any atom is 0.244 e. The van der Waals surface area contributed by atoms with Gasteiger partial charge in [0.15, 0.2) is 0 Å². The Balaban J connectivity index is 1.95. The first-order valence-electron chi connectivity index (χ1n) is 11.0. The molecule has 174 valence electrons. The zero-order chi connectivity index (χ0) is 23.5. The van der Waals surface area contributed by atoms with Gasteiger partial charge in [-0.3, -0.25) is 9.10 Å². The zero-order valence-electron chi connectivity index (χ0n) is 19.0. The van der Waals surface area contributed by atoms with Gasteiger partial charge >= 0.3 is 0 Å². The Labute approximate surface area is 196 Å². The second-order valence-corrected chi connectivity index (χ2v) is 10.6. The predicted octanol–water partition coefficient (Wildman–Crippen LogP) is 5.08. The molecule has 3 rings (SSSR count). The number of fused-ring (bicyclic) bond motifs is 1. The van der Waals surface area contributed by atoms with Gasteiger partial charge in [0.1, 0.15) is 17.4 Å². The molecule has 0 fully saturated rings. The molecular formula is C24H31ClN2O4S. The summed E-state index contributed by atoms with van der Waals surface area (Å²) in [5.41, 5.74) is 0.939. The van der Waals surface area contributed by atoms with Crippen LogP contribution in [0.15, 0.2) is 48.5 Å². The summed E-state index contributed by atoms with van der Waals surface area (Å²) in [5, 5.41) is 3.63. The summed E-state index contributed by atoms with van der Waals surface area (Å²) >= 11 is 5.98. The van der Waals surface area contributed by atoms with Crippen molar-refractivity contribution in [3.63, 3.8) is 0 Å². The Hall–Kier alpha value is -2.25. The molecular weight excluding hydrogens is 448 g/mol. The number of benzene rings is 2. The van der Waals surface area contributed by atoms with E-state index in [1.54, 1.807) is 31.2 Å². The number of carbonyl (C=O) groups is 1. The Morgan fingerprint density at radius 2 is 1.78 bits per heavy atom. The van der Waals surface area contributed by atoms with Gasteiger partial charge in [-0.05, 0) is 49.6 Å². The Bertz CT molecular complexity index is 1050. The van der Waals surface area contributed by atoms with Crippen molar-refractivity contribution < 1.29 is 17.9 Å². The third kappa shape index (κ3) is 5.04. The number of hydrogen-bond acceptors (Lipinski definition) is 4. The van der Waals surface area contributed by atoms with Crippen molar-refractivity contribution in [2.45, 2.75) is 64.1 Å². The van der Waals surface area contributed by atoms with E-state index in [9.17, 15) is 13.2 Å². The minimum absolute atomic E-state index is 0.270. The molecule has 0 saturated carbocycles. The molecule has 0 aliphatic carbocycles. The maximum atomic E-state index is 13.5. The molecule has 1 amide bonds. The Kier molecular flexibility index (Phi) is 7.40. The third-order valence-electron chi connectivity index (χ3n) is 6.21. The highest BCUT2D eigenvalue weighted by Gasteiger charge is 2.40. The molecule has 2 aromatic carbocycles. The number of sulfonamides is 1. The van der Waals surface area contributed by atoms with Crippen LogP contribution in [-0.2, 0) is 14.8 Å². The minimum atomic E-state index is -3.72. The average molecular weight is 479 g/mol. The molecule has 0 saturated heterocycles. The minimum Gasteiger partial charge on any atom is -0.487 e. The van der Waals surface area contributed by atoms with Gasteiger partial charge in [-0.2, -0.15) is 0 Å². The second kappa shape index (κ2) is 9.71. The van der Waals surface area contributed by atoms with Gasteiger partial charge in [-0.25, -0.2) is 8.42 Å². The number of rotatable bonds is 8. The van der Waals surface area contributed by atoms with Crippen molar-refractivity contribution in [2.75, 3.05) is 10.6 Å². The van der Waals surface area contributed by atoms with Crippen LogP contribution in [0.25, 0.3) is 0 Å². The van der Waals surface area contributed by atoms with Gasteiger partial charge in [0, 0.05) is 17.0 Å². The predicted molar refractivity (Wildman–Crippen MR) is 129 cm³/mol. The van der Waals surface area contributed by atoms with E-state index in [0.717, 1.165) is 30.4 Å². The molecule has 1 N–H and O–H groups in total. The van der Waals surface area contributed by atoms with E-state index in [0.29, 0.717) is 23.6 Å². The molecule has 6 nitrogen and oxygen atoms in total. The van der Waals surface area contributed by atoms with Crippen molar-refractivity contribution in [1.29, 1.82) is 0 Å². The van der Waals surface area contributed by atoms with Gasteiger partial charge in [0.25, 0.3) is 0 Å². The molecule has 2 aromatic rings. The lowest BCUT2D eigenvalue weighted by atomic mass is 9.83. The molecule has 1 aliphatic heterocycles. The van der Waals surface area contributed by atoms with Crippen LogP contribution in [-0.4, -0.2) is 32.2 Å². The van der Waals surface area contributed by atoms with Crippen molar-refractivity contribution in [3.05, 3.63) is 59.1 Å². The molecule has 0 aromatic heterocycles. The number of anilines is 1. The first-order chi connectivity index (χ1) is 15.1. The number of hydrogen-bond donors (Lipinski definition) is 1. The van der Waals surface area contributed by atoms with E-state index in [2.05, 4.69) is 19.2 Å². The molecule has 2 atom stereocenters. The number of halogens is 1. The van der Waals surface area contributed by atoms with E-state index in [4.69, 9.17) is 16.3 Å². The van der Waals surface area contributed by atoms with Crippen molar-refractivity contribution >= 4 is 33.2 Å². The van der Waals surface area contributed by atoms with Crippen LogP contribution in [0.5, 0.6) is 5.75 Å². The van der Waals surface area contributed by atoms with Crippen LogP contribution >= 0.6 is 11.6 Å². The van der Waals surface area contributed by atoms with E-state index in [1.807, 2.05) is 24.3 Å². The smallest absolute Gasteiger partial charge is 0.244 e. The molecule has 8 heteroatoms. The monoisotopic (exact) mass is 478 g/mol. The third-order valence-corrected chi connectivity index (χ3v) is 7.64. The highest BCUT2D eigenvalue weighted by Crippen LogP contribution is 2.42. The number of ether oxygens (including phenoxy) is 1. The lowest BCUT2D eigenvalue weighted by Crippen LogP contribution is -2.52. The second-order valence-electron chi connectivity index (χ2n) is 8.25. The Morgan fingerprint density at radius 3 is 2.34 bits per heavy atom. The van der Waals surface area contributed by atoms with E-state index in [-0.39, 0.29) is 17.6 Å². The number of nitrogens with zero attached hydrogens (tertiary/aromatic N) is 1. The molecule has 0 radical (unpaired) electrons. The quantitative estimate of drug-likeness (QED) is 0.573. The number of nitrogens with one attached hydrogen (secondary N) is 1. The molecule has 0 bridgehead atoms. The van der Waals surface area contributed by atoms with Gasteiger partial charge in [0.2, 0.25) is 15.9 Å². The van der Waals surface area contributed by atoms with Crippen LogP contribution in [0.4, 0.5) is 5.69 Å². The standard InChI is InChI=1S/C24H31ClN2O4S/c1-5-21(27(32(4,29)30)18-14-12-17(25)13-15-18)23(28)26-20-16-24(6-2,7-3)31-22-11-9-8-10-19(20)22/h8-15,20-21H,5-7,16H2,1-4H3,(H,26,28)/t20-,21+/m0/s1. The number of para-hydroxylation sites is 1. The van der Waals surface area contributed by atoms with Crippen molar-refractivity contribution in [3.8, 4) is 5.75 Å². The lowest BCUT2D eigenvalue weighted by Gasteiger charge is -2.42. The SMILES string of the molecule is CC[C@H](C(=O)N[C@H]1CC(CC)(CC)Oc2ccccc21)N(c1ccc(Cl)cc1)S(C)(=O)=O. The van der Waals surface area contributed by atoms with Crippen LogP contribution in [0.1, 0.15) is 58.1 Å². The van der Waals surface area contributed by atoms with E-state index in [1.165, 1.54) is 4.31 Å². The maximum absolute atomic E-state index is 13.5. The molecule has 1 heterocycles. The van der Waals surface area contributed by atoms with Crippen LogP contribution in [0, 0.1) is 0 Å². The molecule has 0 unspecified atom stereocenters. The largest absolute Gasteiger partial charge is 0.487 e. The molecule has 1 aliphatic rings. The first-order valence-corrected chi connectivity index (χ1v) is 13.2.